The fourth-order valence-corrected chi connectivity index (χ4v) is 0.511. The van der Waals surface area contributed by atoms with Crippen LogP contribution in [0.2, 0.25) is 0 Å². The molecule has 1 aliphatic heterocycles. The highest BCUT2D eigenvalue weighted by Gasteiger charge is 2.04. The molecule has 1 rings (SSSR count). The van der Waals surface area contributed by atoms with Gasteiger partial charge >= 0.3 is 6.03 Å². The van der Waals surface area contributed by atoms with Crippen LogP contribution < -0.4 is 10.6 Å². The highest BCUT2D eigenvalue weighted by Crippen LogP contribution is 1.81. The molecule has 0 spiro atoms. The van der Waals surface area contributed by atoms with Crippen LogP contribution in [0.5, 0.6) is 0 Å². The van der Waals surface area contributed by atoms with E-state index in [4.69, 9.17) is 0 Å². The van der Waals surface area contributed by atoms with Crippen molar-refractivity contribution in [2.45, 2.75) is 6.42 Å². The summed E-state index contributed by atoms with van der Waals surface area (Å²) in [6.07, 6.45) is 0.992. The molecule has 0 atom stereocenters. The second kappa shape index (κ2) is 1.82. The SMILES string of the molecule is O=C1[N]CCCN1. The minimum absolute atomic E-state index is 0.161. The molecule has 1 saturated heterocycles. The first-order valence-corrected chi connectivity index (χ1v) is 2.35. The molecule has 1 N–H and O–H groups in total. The van der Waals surface area contributed by atoms with Gasteiger partial charge in [0.05, 0.1) is 0 Å². The summed E-state index contributed by atoms with van der Waals surface area (Å²) < 4.78 is 0. The fraction of sp³-hybridized carbons (Fsp3) is 0.750. The van der Waals surface area contributed by atoms with Crippen LogP contribution in [0.3, 0.4) is 0 Å². The monoisotopic (exact) mass is 99.1 g/mol. The average molecular weight is 99.1 g/mol. The lowest BCUT2D eigenvalue weighted by atomic mass is 10.4. The first-order valence-electron chi connectivity index (χ1n) is 2.35. The molecule has 0 aromatic heterocycles. The Bertz CT molecular complexity index is 73.8. The number of carbonyl (C=O) groups excluding carboxylic acids is 1. The van der Waals surface area contributed by atoms with E-state index in [-0.39, 0.29) is 6.03 Å². The molecule has 7 heavy (non-hydrogen) atoms. The number of nitrogens with zero attached hydrogens (tertiary/aromatic N) is 1. The van der Waals surface area contributed by atoms with E-state index in [1.807, 2.05) is 0 Å². The van der Waals surface area contributed by atoms with E-state index in [0.717, 1.165) is 13.0 Å². The lowest BCUT2D eigenvalue weighted by Gasteiger charge is -2.08. The van der Waals surface area contributed by atoms with Gasteiger partial charge in [0.1, 0.15) is 0 Å². The van der Waals surface area contributed by atoms with Gasteiger partial charge in [-0.2, -0.15) is 0 Å². The molecule has 0 saturated carbocycles. The Balaban J connectivity index is 2.25. The molecule has 1 radical (unpaired) electrons. The zero-order valence-corrected chi connectivity index (χ0v) is 3.98. The third-order valence-electron chi connectivity index (χ3n) is 0.867. The maximum atomic E-state index is 10.2. The third-order valence-corrected chi connectivity index (χ3v) is 0.867. The number of nitrogens with one attached hydrogen (secondary N) is 1. The smallest absolute Gasteiger partial charge is 0.336 e. The molecule has 2 amide bonds. The van der Waals surface area contributed by atoms with Crippen molar-refractivity contribution in [1.29, 1.82) is 0 Å². The van der Waals surface area contributed by atoms with E-state index < -0.39 is 0 Å². The minimum atomic E-state index is -0.161. The van der Waals surface area contributed by atoms with Gasteiger partial charge in [0.2, 0.25) is 0 Å². The molecule has 0 bridgehead atoms. The second-order valence-electron chi connectivity index (χ2n) is 1.47. The van der Waals surface area contributed by atoms with Gasteiger partial charge in [-0.25, -0.2) is 10.1 Å². The fourth-order valence-electron chi connectivity index (χ4n) is 0.511. The molecule has 0 aromatic carbocycles. The zero-order valence-electron chi connectivity index (χ0n) is 3.98. The van der Waals surface area contributed by atoms with Crippen molar-refractivity contribution in [2.24, 2.45) is 0 Å². The first-order chi connectivity index (χ1) is 3.39. The van der Waals surface area contributed by atoms with Gasteiger partial charge in [-0.1, -0.05) is 0 Å². The van der Waals surface area contributed by atoms with E-state index >= 15 is 0 Å². The standard InChI is InChI=1S/C4H7N2O/c7-4-5-2-1-3-6-4/h1-3H2,(H,5,7). The molecule has 3 nitrogen and oxygen atoms in total. The molecule has 0 unspecified atom stereocenters. The predicted octanol–water partition coefficient (Wildman–Crippen LogP) is -0.296. The molecular formula is C4H7N2O. The molecule has 1 aliphatic rings. The lowest BCUT2D eigenvalue weighted by Crippen LogP contribution is -2.37. The Morgan fingerprint density at radius 2 is 2.57 bits per heavy atom. The summed E-state index contributed by atoms with van der Waals surface area (Å²) in [5.74, 6) is 0. The van der Waals surface area contributed by atoms with Crippen molar-refractivity contribution in [2.75, 3.05) is 13.1 Å². The van der Waals surface area contributed by atoms with Crippen molar-refractivity contribution >= 4 is 6.03 Å². The van der Waals surface area contributed by atoms with E-state index in [2.05, 4.69) is 10.6 Å². The maximum absolute atomic E-state index is 10.2. The number of rotatable bonds is 0. The minimum Gasteiger partial charge on any atom is -0.336 e. The molecular weight excluding hydrogens is 92.1 g/mol. The zero-order chi connectivity index (χ0) is 5.11. The van der Waals surface area contributed by atoms with Crippen LogP contribution in [0.25, 0.3) is 0 Å². The van der Waals surface area contributed by atoms with Crippen molar-refractivity contribution in [1.82, 2.24) is 10.6 Å². The van der Waals surface area contributed by atoms with E-state index in [1.54, 1.807) is 0 Å². The third kappa shape index (κ3) is 1.07. The number of amides is 2. The van der Waals surface area contributed by atoms with Crippen LogP contribution in [0.15, 0.2) is 0 Å². The number of hydrogen-bond acceptors (Lipinski definition) is 1. The Labute approximate surface area is 42.1 Å². The Morgan fingerprint density at radius 3 is 2.86 bits per heavy atom. The van der Waals surface area contributed by atoms with Crippen molar-refractivity contribution < 1.29 is 4.79 Å². The molecule has 1 heterocycles. The predicted molar refractivity (Wildman–Crippen MR) is 25.0 cm³/mol. The molecule has 0 aromatic rings. The van der Waals surface area contributed by atoms with E-state index in [1.165, 1.54) is 0 Å². The Hall–Kier alpha value is -0.730. The van der Waals surface area contributed by atoms with Crippen molar-refractivity contribution in [3.8, 4) is 0 Å². The summed E-state index contributed by atoms with van der Waals surface area (Å²) in [7, 11) is 0. The largest absolute Gasteiger partial charge is 0.336 e. The first kappa shape index (κ1) is 4.43. The number of carbonyl (C=O) groups is 1. The lowest BCUT2D eigenvalue weighted by molar-refractivity contribution is 0.235. The van der Waals surface area contributed by atoms with E-state index in [9.17, 15) is 4.79 Å². The van der Waals surface area contributed by atoms with Crippen LogP contribution in [0, 0.1) is 0 Å². The molecule has 39 valence electrons. The van der Waals surface area contributed by atoms with Crippen LogP contribution in [0.1, 0.15) is 6.42 Å². The summed E-state index contributed by atoms with van der Waals surface area (Å²) in [5, 5.41) is 6.16. The average Bonchev–Trinajstić information content (AvgIpc) is 1.69. The summed E-state index contributed by atoms with van der Waals surface area (Å²) in [4.78, 5) is 10.2. The number of hydrogen-bond donors (Lipinski definition) is 1. The topological polar surface area (TPSA) is 43.2 Å². The Kier molecular flexibility index (Phi) is 1.15. The van der Waals surface area contributed by atoms with Gasteiger partial charge in [0.15, 0.2) is 0 Å². The van der Waals surface area contributed by atoms with Gasteiger partial charge in [0, 0.05) is 13.1 Å². The normalized spacial score (nSPS) is 20.3. The summed E-state index contributed by atoms with van der Waals surface area (Å²) in [6.45, 7) is 1.49. The van der Waals surface area contributed by atoms with Gasteiger partial charge in [-0.05, 0) is 6.42 Å². The van der Waals surface area contributed by atoms with Gasteiger partial charge in [-0.15, -0.1) is 0 Å². The number of urea groups is 1. The molecule has 3 heteroatoms. The molecule has 0 aliphatic carbocycles. The maximum Gasteiger partial charge on any atom is 0.336 e. The summed E-state index contributed by atoms with van der Waals surface area (Å²) in [5.41, 5.74) is 0. The van der Waals surface area contributed by atoms with Crippen LogP contribution in [-0.4, -0.2) is 19.1 Å². The Morgan fingerprint density at radius 1 is 1.71 bits per heavy atom. The summed E-state index contributed by atoms with van der Waals surface area (Å²) in [6, 6.07) is -0.161. The quantitative estimate of drug-likeness (QED) is 0.445. The molecule has 1 fully saturated rings. The van der Waals surface area contributed by atoms with Gasteiger partial charge in [0.25, 0.3) is 0 Å². The van der Waals surface area contributed by atoms with Crippen LogP contribution in [0.4, 0.5) is 4.79 Å². The highest BCUT2D eigenvalue weighted by molar-refractivity contribution is 5.74. The van der Waals surface area contributed by atoms with Crippen LogP contribution >= 0.6 is 0 Å². The van der Waals surface area contributed by atoms with Crippen LogP contribution in [-0.2, 0) is 0 Å². The van der Waals surface area contributed by atoms with Crippen molar-refractivity contribution in [3.05, 3.63) is 0 Å². The summed E-state index contributed by atoms with van der Waals surface area (Å²) >= 11 is 0. The van der Waals surface area contributed by atoms with Gasteiger partial charge < -0.3 is 5.32 Å². The van der Waals surface area contributed by atoms with Gasteiger partial charge in [-0.3, -0.25) is 0 Å². The van der Waals surface area contributed by atoms with Crippen molar-refractivity contribution in [3.63, 3.8) is 0 Å². The van der Waals surface area contributed by atoms with E-state index in [0.29, 0.717) is 6.54 Å². The second-order valence-corrected chi connectivity index (χ2v) is 1.47. The highest BCUT2D eigenvalue weighted by atomic mass is 16.2.